The maximum Gasteiger partial charge on any atom is 0.223 e. The lowest BCUT2D eigenvalue weighted by molar-refractivity contribution is -0.122. The Morgan fingerprint density at radius 2 is 1.85 bits per heavy atom. The van der Waals surface area contributed by atoms with Crippen LogP contribution in [0.25, 0.3) is 0 Å². The van der Waals surface area contributed by atoms with Crippen LogP contribution in [0.4, 0.5) is 0 Å². The van der Waals surface area contributed by atoms with Crippen molar-refractivity contribution in [3.63, 3.8) is 0 Å². The van der Waals surface area contributed by atoms with Gasteiger partial charge in [-0.1, -0.05) is 12.1 Å². The highest BCUT2D eigenvalue weighted by atomic mass is 16.5. The molecule has 0 atom stereocenters. The van der Waals surface area contributed by atoms with Gasteiger partial charge in [-0.15, -0.1) is 0 Å². The third kappa shape index (κ3) is 7.76. The van der Waals surface area contributed by atoms with Crippen molar-refractivity contribution in [3.8, 4) is 5.75 Å². The minimum absolute atomic E-state index is 0.179. The summed E-state index contributed by atoms with van der Waals surface area (Å²) >= 11 is 0. The van der Waals surface area contributed by atoms with Gasteiger partial charge in [0, 0.05) is 32.1 Å². The molecule has 0 unspecified atom stereocenters. The van der Waals surface area contributed by atoms with Crippen LogP contribution in [0, 0.1) is 5.92 Å². The Kier molecular flexibility index (Phi) is 8.25. The number of benzene rings is 1. The zero-order valence-corrected chi connectivity index (χ0v) is 16.2. The van der Waals surface area contributed by atoms with Crippen molar-refractivity contribution in [2.24, 2.45) is 10.9 Å². The van der Waals surface area contributed by atoms with Gasteiger partial charge < -0.3 is 20.7 Å². The monoisotopic (exact) mass is 360 g/mol. The molecular weight excluding hydrogens is 328 g/mol. The number of nitrogens with zero attached hydrogens (tertiary/aromatic N) is 1. The number of rotatable bonds is 10. The molecule has 0 aromatic heterocycles. The average Bonchev–Trinajstić information content (AvgIpc) is 3.44. The van der Waals surface area contributed by atoms with Crippen LogP contribution in [-0.4, -0.2) is 44.1 Å². The van der Waals surface area contributed by atoms with Crippen LogP contribution < -0.4 is 20.7 Å². The number of aliphatic imine (C=N–C) groups is 1. The summed E-state index contributed by atoms with van der Waals surface area (Å²) in [7, 11) is 0. The van der Waals surface area contributed by atoms with E-state index in [-0.39, 0.29) is 17.9 Å². The lowest BCUT2D eigenvalue weighted by atomic mass is 10.1. The van der Waals surface area contributed by atoms with Gasteiger partial charge in [0.25, 0.3) is 0 Å². The summed E-state index contributed by atoms with van der Waals surface area (Å²) in [4.78, 5) is 16.2. The molecule has 1 saturated carbocycles. The number of nitrogens with one attached hydrogen (secondary N) is 3. The molecule has 6 nitrogen and oxygen atoms in total. The van der Waals surface area contributed by atoms with Crippen LogP contribution in [0.15, 0.2) is 29.3 Å². The highest BCUT2D eigenvalue weighted by molar-refractivity contribution is 5.81. The van der Waals surface area contributed by atoms with Crippen LogP contribution in [-0.2, 0) is 11.2 Å². The van der Waals surface area contributed by atoms with Crippen molar-refractivity contribution in [1.29, 1.82) is 0 Å². The molecule has 6 heteroatoms. The van der Waals surface area contributed by atoms with E-state index < -0.39 is 0 Å². The molecule has 1 fully saturated rings. The molecule has 1 aromatic carbocycles. The number of amides is 1. The van der Waals surface area contributed by atoms with Crippen LogP contribution in [0.3, 0.4) is 0 Å². The normalized spacial score (nSPS) is 14.2. The molecule has 0 saturated heterocycles. The molecule has 0 spiro atoms. The first kappa shape index (κ1) is 20.1. The first-order valence-corrected chi connectivity index (χ1v) is 9.64. The van der Waals surface area contributed by atoms with Crippen molar-refractivity contribution in [1.82, 2.24) is 16.0 Å². The minimum atomic E-state index is 0.179. The Morgan fingerprint density at radius 3 is 2.46 bits per heavy atom. The van der Waals surface area contributed by atoms with Gasteiger partial charge in [0.05, 0.1) is 6.10 Å². The highest BCUT2D eigenvalue weighted by Gasteiger charge is 2.28. The SMILES string of the molecule is CCNC(=NCCc1ccc(OC(C)C)cc1)NCCNC(=O)C1CC1. The van der Waals surface area contributed by atoms with E-state index in [2.05, 4.69) is 33.1 Å². The molecule has 0 bridgehead atoms. The molecule has 144 valence electrons. The lowest BCUT2D eigenvalue weighted by Crippen LogP contribution is -2.41. The minimum Gasteiger partial charge on any atom is -0.491 e. The third-order valence-corrected chi connectivity index (χ3v) is 3.97. The van der Waals surface area contributed by atoms with Gasteiger partial charge in [0.15, 0.2) is 5.96 Å². The smallest absolute Gasteiger partial charge is 0.223 e. The number of hydrogen-bond donors (Lipinski definition) is 3. The summed E-state index contributed by atoms with van der Waals surface area (Å²) in [6, 6.07) is 8.18. The largest absolute Gasteiger partial charge is 0.491 e. The lowest BCUT2D eigenvalue weighted by Gasteiger charge is -2.12. The standard InChI is InChI=1S/C20H32N4O2/c1-4-21-20(24-14-13-22-19(25)17-7-8-17)23-12-11-16-5-9-18(10-6-16)26-15(2)3/h5-6,9-10,15,17H,4,7-8,11-14H2,1-3H3,(H,22,25)(H2,21,23,24). The van der Waals surface area contributed by atoms with Crippen LogP contribution in [0.1, 0.15) is 39.2 Å². The molecule has 3 N–H and O–H groups in total. The summed E-state index contributed by atoms with van der Waals surface area (Å²) in [6.07, 6.45) is 3.13. The van der Waals surface area contributed by atoms with Gasteiger partial charge >= 0.3 is 0 Å². The van der Waals surface area contributed by atoms with Gasteiger partial charge in [-0.25, -0.2) is 0 Å². The van der Waals surface area contributed by atoms with Gasteiger partial charge in [0.1, 0.15) is 5.75 Å². The average molecular weight is 361 g/mol. The first-order valence-electron chi connectivity index (χ1n) is 9.64. The maximum atomic E-state index is 11.6. The van der Waals surface area contributed by atoms with Crippen LogP contribution in [0.5, 0.6) is 5.75 Å². The molecule has 26 heavy (non-hydrogen) atoms. The first-order chi connectivity index (χ1) is 12.6. The number of carbonyl (C=O) groups is 1. The van der Waals surface area contributed by atoms with Crippen LogP contribution >= 0.6 is 0 Å². The highest BCUT2D eigenvalue weighted by Crippen LogP contribution is 2.28. The second kappa shape index (κ2) is 10.7. The Bertz CT molecular complexity index is 580. The zero-order valence-electron chi connectivity index (χ0n) is 16.2. The summed E-state index contributed by atoms with van der Waals surface area (Å²) < 4.78 is 5.66. The third-order valence-electron chi connectivity index (χ3n) is 3.97. The maximum absolute atomic E-state index is 11.6. The number of guanidine groups is 1. The molecule has 0 heterocycles. The summed E-state index contributed by atoms with van der Waals surface area (Å²) in [5.41, 5.74) is 1.23. The second-order valence-corrected chi connectivity index (χ2v) is 6.81. The summed E-state index contributed by atoms with van der Waals surface area (Å²) in [5, 5.41) is 9.43. The fraction of sp³-hybridized carbons (Fsp3) is 0.600. The molecule has 0 aliphatic heterocycles. The number of carbonyl (C=O) groups excluding carboxylic acids is 1. The molecule has 1 aromatic rings. The molecule has 1 amide bonds. The molecule has 1 aliphatic carbocycles. The van der Waals surface area contributed by atoms with E-state index >= 15 is 0 Å². The van der Waals surface area contributed by atoms with E-state index in [1.807, 2.05) is 32.9 Å². The van der Waals surface area contributed by atoms with E-state index in [0.717, 1.165) is 37.5 Å². The topological polar surface area (TPSA) is 74.8 Å². The van der Waals surface area contributed by atoms with Crippen molar-refractivity contribution in [3.05, 3.63) is 29.8 Å². The van der Waals surface area contributed by atoms with Crippen molar-refractivity contribution in [2.75, 3.05) is 26.2 Å². The second-order valence-electron chi connectivity index (χ2n) is 6.81. The van der Waals surface area contributed by atoms with Gasteiger partial charge in [-0.2, -0.15) is 0 Å². The van der Waals surface area contributed by atoms with E-state index in [1.54, 1.807) is 0 Å². The number of ether oxygens (including phenoxy) is 1. The van der Waals surface area contributed by atoms with Crippen LogP contribution in [0.2, 0.25) is 0 Å². The summed E-state index contributed by atoms with van der Waals surface area (Å²) in [6.45, 7) is 8.89. The van der Waals surface area contributed by atoms with Crippen molar-refractivity contribution in [2.45, 2.75) is 46.1 Å². The number of hydrogen-bond acceptors (Lipinski definition) is 3. The van der Waals surface area contributed by atoms with Gasteiger partial charge in [-0.3, -0.25) is 9.79 Å². The van der Waals surface area contributed by atoms with Crippen molar-refractivity contribution >= 4 is 11.9 Å². The Morgan fingerprint density at radius 1 is 1.15 bits per heavy atom. The molecule has 1 aliphatic rings. The Labute approximate surface area is 156 Å². The quantitative estimate of drug-likeness (QED) is 0.339. The van der Waals surface area contributed by atoms with E-state index in [9.17, 15) is 4.79 Å². The van der Waals surface area contributed by atoms with E-state index in [0.29, 0.717) is 19.6 Å². The zero-order chi connectivity index (χ0) is 18.8. The van der Waals surface area contributed by atoms with Crippen molar-refractivity contribution < 1.29 is 9.53 Å². The molecule has 2 rings (SSSR count). The van der Waals surface area contributed by atoms with Gasteiger partial charge in [0.2, 0.25) is 5.91 Å². The Balaban J connectivity index is 1.70. The van der Waals surface area contributed by atoms with E-state index in [1.165, 1.54) is 5.56 Å². The fourth-order valence-corrected chi connectivity index (χ4v) is 2.50. The Hall–Kier alpha value is -2.24. The predicted octanol–water partition coefficient (Wildman–Crippen LogP) is 2.10. The summed E-state index contributed by atoms with van der Waals surface area (Å²) in [5.74, 6) is 2.12. The van der Waals surface area contributed by atoms with E-state index in [4.69, 9.17) is 4.74 Å². The molecular formula is C20H32N4O2. The van der Waals surface area contributed by atoms with Gasteiger partial charge in [-0.05, 0) is 57.7 Å². The molecule has 0 radical (unpaired) electrons. The predicted molar refractivity (Wildman–Crippen MR) is 106 cm³/mol. The fourth-order valence-electron chi connectivity index (χ4n) is 2.50.